The Hall–Kier alpha value is -1.46. The molecule has 0 aliphatic carbocycles. The van der Waals surface area contributed by atoms with Crippen LogP contribution in [0, 0.1) is 0 Å². The van der Waals surface area contributed by atoms with Crippen molar-refractivity contribution in [3.63, 3.8) is 0 Å². The summed E-state index contributed by atoms with van der Waals surface area (Å²) in [4.78, 5) is 16.7. The van der Waals surface area contributed by atoms with Crippen LogP contribution in [0.1, 0.15) is 44.5 Å². The molecule has 2 aromatic rings. The van der Waals surface area contributed by atoms with Crippen LogP contribution >= 0.6 is 11.3 Å². The number of carbonyl (C=O) groups excluding carboxylic acids is 1. The Balaban J connectivity index is 1.84. The zero-order chi connectivity index (χ0) is 16.0. The summed E-state index contributed by atoms with van der Waals surface area (Å²) in [6.45, 7) is 4.62. The lowest BCUT2D eigenvalue weighted by Gasteiger charge is -2.31. The van der Waals surface area contributed by atoms with Crippen molar-refractivity contribution in [1.82, 2.24) is 10.3 Å². The molecule has 1 aromatic carbocycles. The number of nitrogens with zero attached hydrogens (tertiary/aromatic N) is 1. The second kappa shape index (κ2) is 7.70. The van der Waals surface area contributed by atoms with E-state index in [4.69, 9.17) is 5.73 Å². The number of aromatic nitrogens is 1. The van der Waals surface area contributed by atoms with E-state index in [1.54, 1.807) is 11.3 Å². The quantitative estimate of drug-likeness (QED) is 0.785. The third kappa shape index (κ3) is 4.05. The third-order valence-corrected chi connectivity index (χ3v) is 5.38. The Kier molecular flexibility index (Phi) is 5.91. The van der Waals surface area contributed by atoms with Gasteiger partial charge in [0.15, 0.2) is 0 Å². The van der Waals surface area contributed by atoms with Gasteiger partial charge >= 0.3 is 0 Å². The molecule has 0 aliphatic heterocycles. The van der Waals surface area contributed by atoms with Crippen LogP contribution in [-0.2, 0) is 11.2 Å². The Bertz CT molecular complexity index is 578. The van der Waals surface area contributed by atoms with Crippen LogP contribution in [0.2, 0.25) is 0 Å². The number of benzene rings is 1. The fourth-order valence-electron chi connectivity index (χ4n) is 2.55. The molecular weight excluding hydrogens is 294 g/mol. The maximum absolute atomic E-state index is 12.1. The molecule has 1 amide bonds. The summed E-state index contributed by atoms with van der Waals surface area (Å²) in [5, 5.41) is 4.21. The van der Waals surface area contributed by atoms with Crippen molar-refractivity contribution in [2.75, 3.05) is 6.54 Å². The van der Waals surface area contributed by atoms with E-state index in [1.165, 1.54) is 4.70 Å². The average Bonchev–Trinajstić information content (AvgIpc) is 2.95. The molecule has 0 bridgehead atoms. The SMILES string of the molecule is CCC(CC)(CN)NC(=O)CCCc1nc2ccccc2s1. The van der Waals surface area contributed by atoms with E-state index in [-0.39, 0.29) is 11.4 Å². The first kappa shape index (κ1) is 16.9. The number of hydrogen-bond acceptors (Lipinski definition) is 4. The van der Waals surface area contributed by atoms with Crippen molar-refractivity contribution >= 4 is 27.5 Å². The van der Waals surface area contributed by atoms with E-state index in [0.717, 1.165) is 36.2 Å². The molecule has 4 nitrogen and oxygen atoms in total. The highest BCUT2D eigenvalue weighted by molar-refractivity contribution is 7.18. The Morgan fingerprint density at radius 1 is 1.32 bits per heavy atom. The molecular formula is C17H25N3OS. The number of rotatable bonds is 8. The van der Waals surface area contributed by atoms with Crippen LogP contribution in [-0.4, -0.2) is 23.0 Å². The molecule has 1 heterocycles. The molecule has 0 atom stereocenters. The van der Waals surface area contributed by atoms with Gasteiger partial charge in [-0.25, -0.2) is 4.98 Å². The number of aryl methyl sites for hydroxylation is 1. The predicted molar refractivity (Wildman–Crippen MR) is 93.1 cm³/mol. The van der Waals surface area contributed by atoms with Gasteiger partial charge in [0.1, 0.15) is 0 Å². The highest BCUT2D eigenvalue weighted by Gasteiger charge is 2.25. The molecule has 1 aromatic heterocycles. The van der Waals surface area contributed by atoms with E-state index in [0.29, 0.717) is 13.0 Å². The lowest BCUT2D eigenvalue weighted by molar-refractivity contribution is -0.123. The predicted octanol–water partition coefficient (Wildman–Crippen LogP) is 3.25. The monoisotopic (exact) mass is 319 g/mol. The van der Waals surface area contributed by atoms with Gasteiger partial charge in [-0.05, 0) is 37.8 Å². The Morgan fingerprint density at radius 2 is 2.05 bits per heavy atom. The van der Waals surface area contributed by atoms with Gasteiger partial charge in [-0.2, -0.15) is 0 Å². The number of nitrogens with one attached hydrogen (secondary N) is 1. The Labute approximate surface area is 136 Å². The van der Waals surface area contributed by atoms with Gasteiger partial charge in [0.05, 0.1) is 20.8 Å². The molecule has 0 fully saturated rings. The summed E-state index contributed by atoms with van der Waals surface area (Å²) in [5.41, 5.74) is 6.62. The first-order valence-corrected chi connectivity index (χ1v) is 8.79. The van der Waals surface area contributed by atoms with Gasteiger partial charge in [-0.1, -0.05) is 26.0 Å². The maximum Gasteiger partial charge on any atom is 0.220 e. The van der Waals surface area contributed by atoms with Crippen LogP contribution in [0.3, 0.4) is 0 Å². The second-order valence-corrected chi connectivity index (χ2v) is 6.78. The number of fused-ring (bicyclic) bond motifs is 1. The van der Waals surface area contributed by atoms with E-state index in [2.05, 4.69) is 30.2 Å². The van der Waals surface area contributed by atoms with Crippen molar-refractivity contribution in [3.05, 3.63) is 29.3 Å². The lowest BCUT2D eigenvalue weighted by atomic mass is 9.92. The summed E-state index contributed by atoms with van der Waals surface area (Å²) in [6, 6.07) is 8.14. The van der Waals surface area contributed by atoms with Crippen LogP contribution < -0.4 is 11.1 Å². The standard InChI is InChI=1S/C17H25N3OS/c1-3-17(4-2,12-18)20-15(21)10-7-11-16-19-13-8-5-6-9-14(13)22-16/h5-6,8-9H,3-4,7,10-12,18H2,1-2H3,(H,20,21). The summed E-state index contributed by atoms with van der Waals surface area (Å²) in [6.07, 6.45) is 3.92. The van der Waals surface area contributed by atoms with Crippen molar-refractivity contribution in [2.45, 2.75) is 51.5 Å². The molecule has 0 aliphatic rings. The molecule has 0 saturated heterocycles. The molecule has 0 spiro atoms. The largest absolute Gasteiger partial charge is 0.349 e. The molecule has 2 rings (SSSR count). The van der Waals surface area contributed by atoms with Gasteiger partial charge in [0.2, 0.25) is 5.91 Å². The van der Waals surface area contributed by atoms with E-state index in [9.17, 15) is 4.79 Å². The van der Waals surface area contributed by atoms with Crippen LogP contribution in [0.4, 0.5) is 0 Å². The van der Waals surface area contributed by atoms with E-state index >= 15 is 0 Å². The van der Waals surface area contributed by atoms with Crippen LogP contribution in [0.5, 0.6) is 0 Å². The summed E-state index contributed by atoms with van der Waals surface area (Å²) >= 11 is 1.71. The first-order chi connectivity index (χ1) is 10.6. The summed E-state index contributed by atoms with van der Waals surface area (Å²) < 4.78 is 1.21. The second-order valence-electron chi connectivity index (χ2n) is 5.67. The summed E-state index contributed by atoms with van der Waals surface area (Å²) in [7, 11) is 0. The fraction of sp³-hybridized carbons (Fsp3) is 0.529. The minimum absolute atomic E-state index is 0.0928. The fourth-order valence-corrected chi connectivity index (χ4v) is 3.56. The van der Waals surface area contributed by atoms with Gasteiger partial charge < -0.3 is 11.1 Å². The number of para-hydroxylation sites is 1. The highest BCUT2D eigenvalue weighted by Crippen LogP contribution is 2.22. The number of hydrogen-bond donors (Lipinski definition) is 2. The Morgan fingerprint density at radius 3 is 2.68 bits per heavy atom. The van der Waals surface area contributed by atoms with Gasteiger partial charge in [0, 0.05) is 13.0 Å². The molecule has 0 saturated carbocycles. The summed E-state index contributed by atoms with van der Waals surface area (Å²) in [5.74, 6) is 0.0928. The molecule has 22 heavy (non-hydrogen) atoms. The number of amides is 1. The minimum atomic E-state index is -0.243. The van der Waals surface area contributed by atoms with Crippen molar-refractivity contribution < 1.29 is 4.79 Å². The molecule has 0 unspecified atom stereocenters. The molecule has 3 N–H and O–H groups in total. The molecule has 5 heteroatoms. The number of carbonyl (C=O) groups is 1. The van der Waals surface area contributed by atoms with Gasteiger partial charge in [0.25, 0.3) is 0 Å². The normalized spacial score (nSPS) is 11.8. The zero-order valence-electron chi connectivity index (χ0n) is 13.4. The van der Waals surface area contributed by atoms with Crippen molar-refractivity contribution in [1.29, 1.82) is 0 Å². The van der Waals surface area contributed by atoms with Gasteiger partial charge in [-0.3, -0.25) is 4.79 Å². The highest BCUT2D eigenvalue weighted by atomic mass is 32.1. The minimum Gasteiger partial charge on any atom is -0.349 e. The van der Waals surface area contributed by atoms with Crippen molar-refractivity contribution in [2.24, 2.45) is 5.73 Å². The lowest BCUT2D eigenvalue weighted by Crippen LogP contribution is -2.52. The smallest absolute Gasteiger partial charge is 0.220 e. The number of nitrogens with two attached hydrogens (primary N) is 1. The zero-order valence-corrected chi connectivity index (χ0v) is 14.2. The molecule has 0 radical (unpaired) electrons. The topological polar surface area (TPSA) is 68.0 Å². The third-order valence-electron chi connectivity index (χ3n) is 4.28. The first-order valence-electron chi connectivity index (χ1n) is 7.98. The van der Waals surface area contributed by atoms with Crippen LogP contribution in [0.15, 0.2) is 24.3 Å². The number of thiazole rings is 1. The molecule has 120 valence electrons. The maximum atomic E-state index is 12.1. The average molecular weight is 319 g/mol. The van der Waals surface area contributed by atoms with Gasteiger partial charge in [-0.15, -0.1) is 11.3 Å². The van der Waals surface area contributed by atoms with Crippen molar-refractivity contribution in [3.8, 4) is 0 Å². The van der Waals surface area contributed by atoms with E-state index < -0.39 is 0 Å². The van der Waals surface area contributed by atoms with E-state index in [1.807, 2.05) is 18.2 Å². The van der Waals surface area contributed by atoms with Crippen LogP contribution in [0.25, 0.3) is 10.2 Å².